The summed E-state index contributed by atoms with van der Waals surface area (Å²) in [6.45, 7) is 2.55. The van der Waals surface area contributed by atoms with Gasteiger partial charge in [0, 0.05) is 24.8 Å². The molecule has 1 heterocycles. The second-order valence-corrected chi connectivity index (χ2v) is 6.67. The minimum atomic E-state index is -0.308. The van der Waals surface area contributed by atoms with E-state index in [1.807, 2.05) is 0 Å². The standard InChI is InChI=1S/C14H25N3O2S/c1-2-3-4-13(18)17-9-20-8-12(17)14(19)16-11(7-15)10-5-6-10/h10-12H,2-9,15H2,1H3,(H,16,19). The summed E-state index contributed by atoms with van der Waals surface area (Å²) in [7, 11) is 0. The number of carbonyl (C=O) groups excluding carboxylic acids is 2. The van der Waals surface area contributed by atoms with Crippen molar-refractivity contribution in [3.05, 3.63) is 0 Å². The summed E-state index contributed by atoms with van der Waals surface area (Å²) < 4.78 is 0. The third-order valence-electron chi connectivity index (χ3n) is 4.02. The molecule has 0 radical (unpaired) electrons. The Kier molecular flexibility index (Phi) is 5.72. The highest BCUT2D eigenvalue weighted by Gasteiger charge is 2.37. The lowest BCUT2D eigenvalue weighted by molar-refractivity contribution is -0.138. The molecule has 0 aromatic carbocycles. The van der Waals surface area contributed by atoms with E-state index < -0.39 is 0 Å². The summed E-state index contributed by atoms with van der Waals surface area (Å²) >= 11 is 1.65. The first kappa shape index (κ1) is 15.6. The van der Waals surface area contributed by atoms with Gasteiger partial charge in [-0.15, -0.1) is 11.8 Å². The molecule has 0 aromatic heterocycles. The number of thioether (sulfide) groups is 1. The Morgan fingerprint density at radius 3 is 2.80 bits per heavy atom. The van der Waals surface area contributed by atoms with Crippen LogP contribution in [0.4, 0.5) is 0 Å². The Labute approximate surface area is 125 Å². The summed E-state index contributed by atoms with van der Waals surface area (Å²) in [6, 6.07) is -0.224. The SMILES string of the molecule is CCCCC(=O)N1CSCC1C(=O)NC(CN)C1CC1. The van der Waals surface area contributed by atoms with Gasteiger partial charge in [-0.3, -0.25) is 9.59 Å². The number of rotatable bonds is 7. The maximum Gasteiger partial charge on any atom is 0.243 e. The Hall–Kier alpha value is -0.750. The van der Waals surface area contributed by atoms with Crippen LogP contribution >= 0.6 is 11.8 Å². The van der Waals surface area contributed by atoms with Crippen LogP contribution in [-0.4, -0.2) is 47.0 Å². The zero-order chi connectivity index (χ0) is 14.5. The smallest absolute Gasteiger partial charge is 0.243 e. The Bertz CT molecular complexity index is 360. The average molecular weight is 299 g/mol. The van der Waals surface area contributed by atoms with Crippen molar-refractivity contribution >= 4 is 23.6 Å². The molecule has 1 saturated carbocycles. The number of amides is 2. The molecule has 3 N–H and O–H groups in total. The molecular weight excluding hydrogens is 274 g/mol. The molecule has 1 aliphatic carbocycles. The average Bonchev–Trinajstić information content (AvgIpc) is 3.17. The van der Waals surface area contributed by atoms with Gasteiger partial charge in [-0.1, -0.05) is 13.3 Å². The molecule has 20 heavy (non-hydrogen) atoms. The topological polar surface area (TPSA) is 75.4 Å². The summed E-state index contributed by atoms with van der Waals surface area (Å²) in [5.74, 6) is 1.96. The Balaban J connectivity index is 1.88. The van der Waals surface area contributed by atoms with Gasteiger partial charge in [0.1, 0.15) is 6.04 Å². The molecule has 1 saturated heterocycles. The molecule has 114 valence electrons. The van der Waals surface area contributed by atoms with Crippen LogP contribution in [0.3, 0.4) is 0 Å². The van der Waals surface area contributed by atoms with E-state index in [4.69, 9.17) is 5.73 Å². The molecule has 0 aromatic rings. The molecule has 5 nitrogen and oxygen atoms in total. The lowest BCUT2D eigenvalue weighted by atomic mass is 10.1. The molecule has 2 amide bonds. The summed E-state index contributed by atoms with van der Waals surface area (Å²) in [5.41, 5.74) is 5.72. The highest BCUT2D eigenvalue weighted by molar-refractivity contribution is 7.99. The number of nitrogens with zero attached hydrogens (tertiary/aromatic N) is 1. The summed E-state index contributed by atoms with van der Waals surface area (Å²) in [6.07, 6.45) is 4.74. The molecule has 2 fully saturated rings. The predicted molar refractivity (Wildman–Crippen MR) is 81.2 cm³/mol. The second kappa shape index (κ2) is 7.31. The highest BCUT2D eigenvalue weighted by Crippen LogP contribution is 2.32. The molecule has 0 spiro atoms. The molecule has 2 atom stereocenters. The van der Waals surface area contributed by atoms with E-state index >= 15 is 0 Å². The second-order valence-electron chi connectivity index (χ2n) is 5.67. The van der Waals surface area contributed by atoms with Gasteiger partial charge in [0.05, 0.1) is 5.88 Å². The monoisotopic (exact) mass is 299 g/mol. The van der Waals surface area contributed by atoms with Crippen molar-refractivity contribution in [3.8, 4) is 0 Å². The van der Waals surface area contributed by atoms with Gasteiger partial charge < -0.3 is 16.0 Å². The maximum atomic E-state index is 12.4. The number of hydrogen-bond acceptors (Lipinski definition) is 4. The fourth-order valence-electron chi connectivity index (χ4n) is 2.52. The van der Waals surface area contributed by atoms with Crippen LogP contribution in [0, 0.1) is 5.92 Å². The minimum absolute atomic E-state index is 0.0257. The van der Waals surface area contributed by atoms with Crippen molar-refractivity contribution in [2.24, 2.45) is 11.7 Å². The van der Waals surface area contributed by atoms with E-state index in [0.29, 0.717) is 30.5 Å². The zero-order valence-electron chi connectivity index (χ0n) is 12.1. The van der Waals surface area contributed by atoms with E-state index in [1.165, 1.54) is 0 Å². The fourth-order valence-corrected chi connectivity index (χ4v) is 3.70. The van der Waals surface area contributed by atoms with Crippen molar-refractivity contribution in [2.45, 2.75) is 51.1 Å². The lowest BCUT2D eigenvalue weighted by Crippen LogP contribution is -2.52. The van der Waals surface area contributed by atoms with Crippen molar-refractivity contribution in [3.63, 3.8) is 0 Å². The van der Waals surface area contributed by atoms with Crippen molar-refractivity contribution < 1.29 is 9.59 Å². The van der Waals surface area contributed by atoms with Crippen molar-refractivity contribution in [2.75, 3.05) is 18.2 Å². The van der Waals surface area contributed by atoms with Crippen LogP contribution in [0.25, 0.3) is 0 Å². The van der Waals surface area contributed by atoms with E-state index in [-0.39, 0.29) is 23.9 Å². The minimum Gasteiger partial charge on any atom is -0.350 e. The first-order valence-corrected chi connectivity index (χ1v) is 8.70. The Morgan fingerprint density at radius 2 is 2.20 bits per heavy atom. The zero-order valence-corrected chi connectivity index (χ0v) is 13.0. The van der Waals surface area contributed by atoms with Gasteiger partial charge in [-0.05, 0) is 25.2 Å². The molecule has 1 aliphatic heterocycles. The maximum absolute atomic E-state index is 12.4. The predicted octanol–water partition coefficient (Wildman–Crippen LogP) is 0.932. The van der Waals surface area contributed by atoms with Gasteiger partial charge >= 0.3 is 0 Å². The third kappa shape index (κ3) is 3.88. The van der Waals surface area contributed by atoms with Crippen LogP contribution in [-0.2, 0) is 9.59 Å². The fraction of sp³-hybridized carbons (Fsp3) is 0.857. The molecule has 2 unspecified atom stereocenters. The molecule has 2 rings (SSSR count). The molecule has 2 aliphatic rings. The van der Waals surface area contributed by atoms with E-state index in [9.17, 15) is 9.59 Å². The van der Waals surface area contributed by atoms with Gasteiger partial charge in [0.2, 0.25) is 11.8 Å². The van der Waals surface area contributed by atoms with Crippen LogP contribution < -0.4 is 11.1 Å². The first-order valence-electron chi connectivity index (χ1n) is 7.55. The van der Waals surface area contributed by atoms with Crippen LogP contribution in [0.15, 0.2) is 0 Å². The van der Waals surface area contributed by atoms with Gasteiger partial charge in [0.15, 0.2) is 0 Å². The van der Waals surface area contributed by atoms with Crippen LogP contribution in [0.1, 0.15) is 39.0 Å². The van der Waals surface area contributed by atoms with Crippen LogP contribution in [0.5, 0.6) is 0 Å². The molecule has 0 bridgehead atoms. The highest BCUT2D eigenvalue weighted by atomic mass is 32.2. The normalized spacial score (nSPS) is 23.7. The van der Waals surface area contributed by atoms with Crippen molar-refractivity contribution in [1.29, 1.82) is 0 Å². The summed E-state index contributed by atoms with van der Waals surface area (Å²) in [5, 5.41) is 3.04. The number of nitrogens with one attached hydrogen (secondary N) is 1. The first-order chi connectivity index (χ1) is 9.67. The van der Waals surface area contributed by atoms with Gasteiger partial charge in [-0.25, -0.2) is 0 Å². The molecule has 6 heteroatoms. The lowest BCUT2D eigenvalue weighted by Gasteiger charge is -2.25. The number of hydrogen-bond donors (Lipinski definition) is 2. The number of unbranched alkanes of at least 4 members (excludes halogenated alkanes) is 1. The quantitative estimate of drug-likeness (QED) is 0.733. The number of nitrogens with two attached hydrogens (primary N) is 1. The largest absolute Gasteiger partial charge is 0.350 e. The van der Waals surface area contributed by atoms with E-state index in [1.54, 1.807) is 16.7 Å². The van der Waals surface area contributed by atoms with Gasteiger partial charge in [0.25, 0.3) is 0 Å². The number of carbonyl (C=O) groups is 2. The van der Waals surface area contributed by atoms with E-state index in [2.05, 4.69) is 12.2 Å². The van der Waals surface area contributed by atoms with Crippen molar-refractivity contribution in [1.82, 2.24) is 10.2 Å². The third-order valence-corrected chi connectivity index (χ3v) is 5.03. The molecular formula is C14H25N3O2S. The van der Waals surface area contributed by atoms with E-state index in [0.717, 1.165) is 25.7 Å². The Morgan fingerprint density at radius 1 is 1.45 bits per heavy atom. The summed E-state index contributed by atoms with van der Waals surface area (Å²) in [4.78, 5) is 26.2. The van der Waals surface area contributed by atoms with Crippen LogP contribution in [0.2, 0.25) is 0 Å². The van der Waals surface area contributed by atoms with Gasteiger partial charge in [-0.2, -0.15) is 0 Å².